The molecule has 222 valence electrons. The van der Waals surface area contributed by atoms with Crippen molar-refractivity contribution in [3.8, 4) is 0 Å². The number of guanidine groups is 1. The number of ether oxygens (including phenoxy) is 1. The first-order valence-corrected chi connectivity index (χ1v) is 15.1. The topological polar surface area (TPSA) is 189 Å². The van der Waals surface area contributed by atoms with E-state index in [0.29, 0.717) is 37.7 Å². The third-order valence-corrected chi connectivity index (χ3v) is 10.0. The molecule has 0 aliphatic carbocycles. The lowest BCUT2D eigenvalue weighted by atomic mass is 9.62. The van der Waals surface area contributed by atoms with Crippen LogP contribution >= 0.6 is 0 Å². The molecular weight excluding hydrogens is 548 g/mol. The van der Waals surface area contributed by atoms with Crippen LogP contribution in [0.3, 0.4) is 0 Å². The standard InChI is InChI=1S/C28H38N6O6S/c1-17-12-14-34(24(35)18(2)32-41(38,39)22-11-10-19-7-4-5-8-20(19)15-22)28(25(29)36,26(37)40-3)23(17)21-9-6-13-33(16-21)27(30)31/h4-5,7-8,10-11,15,17-18,21,23,32H,6,9,12-14,16H2,1-3H3,(H2,29,36)(H3,30,31). The maximum atomic E-state index is 14.0. The molecular formula is C28H38N6O6S. The molecule has 41 heavy (non-hydrogen) atoms. The predicted molar refractivity (Wildman–Crippen MR) is 153 cm³/mol. The molecule has 2 heterocycles. The average molecular weight is 587 g/mol. The van der Waals surface area contributed by atoms with Crippen LogP contribution in [0.4, 0.5) is 0 Å². The van der Waals surface area contributed by atoms with Crippen molar-refractivity contribution in [1.29, 1.82) is 5.41 Å². The Kier molecular flexibility index (Phi) is 8.59. The van der Waals surface area contributed by atoms with Gasteiger partial charge in [0.05, 0.1) is 18.0 Å². The number of sulfonamides is 1. The summed E-state index contributed by atoms with van der Waals surface area (Å²) in [5.74, 6) is -4.17. The zero-order valence-corrected chi connectivity index (χ0v) is 24.3. The molecule has 0 spiro atoms. The van der Waals surface area contributed by atoms with E-state index in [9.17, 15) is 22.8 Å². The lowest BCUT2D eigenvalue weighted by molar-refractivity contribution is -0.182. The molecule has 2 aliphatic heterocycles. The largest absolute Gasteiger partial charge is 0.467 e. The minimum absolute atomic E-state index is 0.000273. The molecule has 0 saturated carbocycles. The highest BCUT2D eigenvalue weighted by Gasteiger charge is 2.64. The second kappa shape index (κ2) is 11.6. The summed E-state index contributed by atoms with van der Waals surface area (Å²) in [5, 5.41) is 9.48. The molecule has 12 nitrogen and oxygen atoms in total. The lowest BCUT2D eigenvalue weighted by Gasteiger charge is -2.54. The average Bonchev–Trinajstić information content (AvgIpc) is 2.95. The second-order valence-electron chi connectivity index (χ2n) is 11.0. The molecule has 2 saturated heterocycles. The number of primary amides is 1. The molecule has 0 radical (unpaired) electrons. The van der Waals surface area contributed by atoms with Gasteiger partial charge in [0.1, 0.15) is 0 Å². The van der Waals surface area contributed by atoms with Crippen molar-refractivity contribution in [2.75, 3.05) is 26.7 Å². The molecule has 5 atom stereocenters. The van der Waals surface area contributed by atoms with Crippen molar-refractivity contribution in [2.24, 2.45) is 29.2 Å². The van der Waals surface area contributed by atoms with Crippen molar-refractivity contribution in [3.63, 3.8) is 0 Å². The zero-order valence-electron chi connectivity index (χ0n) is 23.5. The van der Waals surface area contributed by atoms with Crippen LogP contribution in [0.5, 0.6) is 0 Å². The first-order valence-electron chi connectivity index (χ1n) is 13.6. The number of likely N-dealkylation sites (tertiary alicyclic amines) is 2. The minimum Gasteiger partial charge on any atom is -0.467 e. The van der Waals surface area contributed by atoms with Crippen LogP contribution in [0.25, 0.3) is 10.8 Å². The van der Waals surface area contributed by atoms with E-state index in [1.807, 2.05) is 19.1 Å². The Morgan fingerprint density at radius 2 is 1.78 bits per heavy atom. The van der Waals surface area contributed by atoms with Gasteiger partial charge in [-0.1, -0.05) is 37.3 Å². The van der Waals surface area contributed by atoms with Gasteiger partial charge in [0.25, 0.3) is 5.91 Å². The number of piperidine rings is 2. The van der Waals surface area contributed by atoms with Gasteiger partial charge in [-0.15, -0.1) is 0 Å². The summed E-state index contributed by atoms with van der Waals surface area (Å²) < 4.78 is 34.2. The molecule has 2 aliphatic rings. The number of esters is 1. The van der Waals surface area contributed by atoms with Gasteiger partial charge in [0, 0.05) is 25.6 Å². The molecule has 6 N–H and O–H groups in total. The van der Waals surface area contributed by atoms with Crippen LogP contribution in [0.1, 0.15) is 33.1 Å². The summed E-state index contributed by atoms with van der Waals surface area (Å²) in [4.78, 5) is 43.7. The summed E-state index contributed by atoms with van der Waals surface area (Å²) >= 11 is 0. The molecule has 2 aromatic carbocycles. The number of rotatable bonds is 7. The van der Waals surface area contributed by atoms with E-state index in [0.717, 1.165) is 17.4 Å². The summed E-state index contributed by atoms with van der Waals surface area (Å²) in [5.41, 5.74) is 9.56. The van der Waals surface area contributed by atoms with Crippen molar-refractivity contribution >= 4 is 44.5 Å². The van der Waals surface area contributed by atoms with Gasteiger partial charge >= 0.3 is 5.97 Å². The third-order valence-electron chi connectivity index (χ3n) is 8.51. The van der Waals surface area contributed by atoms with Crippen molar-refractivity contribution in [2.45, 2.75) is 49.6 Å². The summed E-state index contributed by atoms with van der Waals surface area (Å²) in [7, 11) is -3.03. The Bertz CT molecular complexity index is 1460. The second-order valence-corrected chi connectivity index (χ2v) is 12.7. The first kappa shape index (κ1) is 30.3. The van der Waals surface area contributed by atoms with Gasteiger partial charge in [-0.25, -0.2) is 13.2 Å². The SMILES string of the molecule is COC(=O)C1(C(N)=O)C(C2CCCN(C(=N)N)C2)C(C)CCN1C(=O)C(C)NS(=O)(=O)c1ccc2ccccc2c1. The molecule has 4 rings (SSSR count). The third kappa shape index (κ3) is 5.47. The van der Waals surface area contributed by atoms with Crippen LogP contribution < -0.4 is 16.2 Å². The van der Waals surface area contributed by atoms with E-state index in [1.54, 1.807) is 23.1 Å². The fraction of sp³-hybridized carbons (Fsp3) is 0.500. The Morgan fingerprint density at radius 3 is 2.41 bits per heavy atom. The monoisotopic (exact) mass is 586 g/mol. The van der Waals surface area contributed by atoms with E-state index < -0.39 is 45.3 Å². The van der Waals surface area contributed by atoms with Crippen LogP contribution in [-0.4, -0.2) is 80.3 Å². The summed E-state index contributed by atoms with van der Waals surface area (Å²) in [6.45, 7) is 4.13. The molecule has 0 bridgehead atoms. The van der Waals surface area contributed by atoms with Gasteiger partial charge in [-0.2, -0.15) is 4.72 Å². The highest BCUT2D eigenvalue weighted by Crippen LogP contribution is 2.46. The Hall–Kier alpha value is -3.71. The van der Waals surface area contributed by atoms with Crippen LogP contribution in [0.15, 0.2) is 47.4 Å². The van der Waals surface area contributed by atoms with Crippen LogP contribution in [0.2, 0.25) is 0 Å². The first-order chi connectivity index (χ1) is 19.3. The molecule has 0 aromatic heterocycles. The smallest absolute Gasteiger partial charge is 0.342 e. The Balaban J connectivity index is 1.70. The van der Waals surface area contributed by atoms with E-state index in [-0.39, 0.29) is 29.2 Å². The van der Waals surface area contributed by atoms with Gasteiger partial charge < -0.3 is 26.0 Å². The minimum atomic E-state index is -4.15. The number of methoxy groups -OCH3 is 1. The molecule has 2 fully saturated rings. The van der Waals surface area contributed by atoms with Crippen LogP contribution in [-0.2, 0) is 29.1 Å². The van der Waals surface area contributed by atoms with Crippen LogP contribution in [0, 0.1) is 23.2 Å². The summed E-state index contributed by atoms with van der Waals surface area (Å²) in [6, 6.07) is 10.6. The molecule has 13 heteroatoms. The van der Waals surface area contributed by atoms with Crippen molar-refractivity contribution in [1.82, 2.24) is 14.5 Å². The maximum absolute atomic E-state index is 14.0. The quantitative estimate of drug-likeness (QED) is 0.160. The number of nitrogens with zero attached hydrogens (tertiary/aromatic N) is 2. The number of carbonyl (C=O) groups excluding carboxylic acids is 3. The van der Waals surface area contributed by atoms with Crippen molar-refractivity contribution < 1.29 is 27.5 Å². The highest BCUT2D eigenvalue weighted by atomic mass is 32.2. The number of benzene rings is 2. The maximum Gasteiger partial charge on any atom is 0.342 e. The highest BCUT2D eigenvalue weighted by molar-refractivity contribution is 7.89. The molecule has 2 amide bonds. The van der Waals surface area contributed by atoms with E-state index >= 15 is 0 Å². The fourth-order valence-electron chi connectivity index (χ4n) is 6.61. The number of hydrogen-bond donors (Lipinski definition) is 4. The normalized spacial score (nSPS) is 25.9. The number of fused-ring (bicyclic) bond motifs is 1. The molecule has 5 unspecified atom stereocenters. The fourth-order valence-corrected chi connectivity index (χ4v) is 7.84. The Morgan fingerprint density at radius 1 is 1.10 bits per heavy atom. The van der Waals surface area contributed by atoms with Gasteiger partial charge in [-0.3, -0.25) is 15.0 Å². The van der Waals surface area contributed by atoms with E-state index in [2.05, 4.69) is 4.72 Å². The lowest BCUT2D eigenvalue weighted by Crippen LogP contribution is -2.75. The number of amides is 2. The predicted octanol–water partition coefficient (Wildman–Crippen LogP) is 0.994. The Labute approximate surface area is 239 Å². The number of nitrogens with one attached hydrogen (secondary N) is 2. The van der Waals surface area contributed by atoms with E-state index in [1.165, 1.54) is 19.1 Å². The number of carbonyl (C=O) groups is 3. The number of hydrogen-bond acceptors (Lipinski definition) is 7. The van der Waals surface area contributed by atoms with Gasteiger partial charge in [-0.05, 0) is 60.9 Å². The van der Waals surface area contributed by atoms with Gasteiger partial charge in [0.15, 0.2) is 5.96 Å². The van der Waals surface area contributed by atoms with E-state index in [4.69, 9.17) is 21.6 Å². The zero-order chi connectivity index (χ0) is 30.1. The molecule has 2 aromatic rings. The van der Waals surface area contributed by atoms with Gasteiger partial charge in [0.2, 0.25) is 21.5 Å². The summed E-state index contributed by atoms with van der Waals surface area (Å²) in [6.07, 6.45) is 1.74. The number of nitrogens with two attached hydrogens (primary N) is 2. The van der Waals surface area contributed by atoms with Crippen molar-refractivity contribution in [3.05, 3.63) is 42.5 Å².